The Morgan fingerprint density at radius 3 is 2.95 bits per heavy atom. The number of amides is 2. The molecule has 1 aromatic rings. The van der Waals surface area contributed by atoms with Gasteiger partial charge in [-0.1, -0.05) is 6.92 Å². The van der Waals surface area contributed by atoms with Crippen LogP contribution in [0.2, 0.25) is 0 Å². The van der Waals surface area contributed by atoms with Gasteiger partial charge in [-0.15, -0.1) is 0 Å². The van der Waals surface area contributed by atoms with Gasteiger partial charge in [0.1, 0.15) is 5.82 Å². The van der Waals surface area contributed by atoms with Crippen molar-refractivity contribution in [3.05, 3.63) is 17.7 Å². The summed E-state index contributed by atoms with van der Waals surface area (Å²) in [4.78, 5) is 18.5. The van der Waals surface area contributed by atoms with Crippen molar-refractivity contribution in [2.24, 2.45) is 5.92 Å². The Hall–Kier alpha value is -1.52. The number of nitrogens with zero attached hydrogens (tertiary/aromatic N) is 3. The average molecular weight is 290 g/mol. The van der Waals surface area contributed by atoms with Crippen LogP contribution in [0.3, 0.4) is 0 Å². The zero-order chi connectivity index (χ0) is 14.8. The number of rotatable bonds is 5. The highest BCUT2D eigenvalue weighted by molar-refractivity contribution is 5.74. The first-order chi connectivity index (χ1) is 10.2. The van der Waals surface area contributed by atoms with Crippen molar-refractivity contribution in [1.82, 2.24) is 19.8 Å². The molecule has 2 amide bonds. The van der Waals surface area contributed by atoms with E-state index >= 15 is 0 Å². The quantitative estimate of drug-likeness (QED) is 0.906. The molecule has 2 fully saturated rings. The topological polar surface area (TPSA) is 50.2 Å². The minimum atomic E-state index is 0.0982. The molecule has 5 heteroatoms. The van der Waals surface area contributed by atoms with Crippen molar-refractivity contribution in [3.63, 3.8) is 0 Å². The zero-order valence-electron chi connectivity index (χ0n) is 13.1. The molecule has 1 unspecified atom stereocenters. The molecule has 0 bridgehead atoms. The second-order valence-corrected chi connectivity index (χ2v) is 6.45. The summed E-state index contributed by atoms with van der Waals surface area (Å²) < 4.78 is 2.42. The van der Waals surface area contributed by atoms with Crippen LogP contribution < -0.4 is 5.32 Å². The van der Waals surface area contributed by atoms with Crippen molar-refractivity contribution in [2.45, 2.75) is 52.0 Å². The molecule has 1 aliphatic carbocycles. The average Bonchev–Trinajstić information content (AvgIpc) is 3.08. The molecule has 1 saturated heterocycles. The lowest BCUT2D eigenvalue weighted by atomic mass is 10.0. The predicted molar refractivity (Wildman–Crippen MR) is 82.3 cm³/mol. The van der Waals surface area contributed by atoms with Gasteiger partial charge in [0.2, 0.25) is 0 Å². The first kappa shape index (κ1) is 14.4. The van der Waals surface area contributed by atoms with Gasteiger partial charge in [0, 0.05) is 44.0 Å². The highest BCUT2D eigenvalue weighted by Crippen LogP contribution is 2.37. The van der Waals surface area contributed by atoms with E-state index in [0.717, 1.165) is 38.9 Å². The fraction of sp³-hybridized carbons (Fsp3) is 0.750. The first-order valence-electron chi connectivity index (χ1n) is 8.24. The number of urea groups is 1. The lowest BCUT2D eigenvalue weighted by Gasteiger charge is -2.17. The van der Waals surface area contributed by atoms with Gasteiger partial charge in [-0.25, -0.2) is 9.78 Å². The lowest BCUT2D eigenvalue weighted by Crippen LogP contribution is -2.38. The Balaban J connectivity index is 1.56. The minimum absolute atomic E-state index is 0.0982. The summed E-state index contributed by atoms with van der Waals surface area (Å²) in [6, 6.07) is 0.786. The second-order valence-electron chi connectivity index (χ2n) is 6.45. The molecule has 0 aromatic carbocycles. The van der Waals surface area contributed by atoms with Crippen LogP contribution in [0.1, 0.15) is 50.2 Å². The zero-order valence-corrected chi connectivity index (χ0v) is 13.1. The van der Waals surface area contributed by atoms with Crippen molar-refractivity contribution < 1.29 is 4.79 Å². The standard InChI is InChI=1S/C16H26N4O/c1-3-7-17-16(21)19-8-6-13(11-19)9-15-18-10-12(2)20(15)14-4-5-14/h10,13-14H,3-9,11H2,1-2H3,(H,17,21). The largest absolute Gasteiger partial charge is 0.338 e. The third kappa shape index (κ3) is 3.22. The van der Waals surface area contributed by atoms with Crippen LogP contribution in [0.5, 0.6) is 0 Å². The maximum absolute atomic E-state index is 12.0. The lowest BCUT2D eigenvalue weighted by molar-refractivity contribution is 0.207. The maximum Gasteiger partial charge on any atom is 0.317 e. The molecule has 1 saturated carbocycles. The van der Waals surface area contributed by atoms with Gasteiger partial charge in [0.25, 0.3) is 0 Å². The minimum Gasteiger partial charge on any atom is -0.338 e. The van der Waals surface area contributed by atoms with E-state index in [1.54, 1.807) is 0 Å². The van der Waals surface area contributed by atoms with E-state index in [2.05, 4.69) is 28.7 Å². The van der Waals surface area contributed by atoms with E-state index in [9.17, 15) is 4.79 Å². The number of aryl methyl sites for hydroxylation is 1. The monoisotopic (exact) mass is 290 g/mol. The summed E-state index contributed by atoms with van der Waals surface area (Å²) in [5.74, 6) is 1.77. The van der Waals surface area contributed by atoms with Crippen molar-refractivity contribution in [2.75, 3.05) is 19.6 Å². The van der Waals surface area contributed by atoms with Crippen LogP contribution in [0, 0.1) is 12.8 Å². The highest BCUT2D eigenvalue weighted by atomic mass is 16.2. The molecule has 1 aromatic heterocycles. The van der Waals surface area contributed by atoms with E-state index in [1.165, 1.54) is 24.4 Å². The molecule has 1 atom stereocenters. The molecule has 2 aliphatic rings. The Labute approximate surface area is 126 Å². The number of carbonyl (C=O) groups excluding carboxylic acids is 1. The van der Waals surface area contributed by atoms with Crippen molar-refractivity contribution in [3.8, 4) is 0 Å². The van der Waals surface area contributed by atoms with Crippen LogP contribution in [0.25, 0.3) is 0 Å². The van der Waals surface area contributed by atoms with Gasteiger partial charge < -0.3 is 14.8 Å². The predicted octanol–water partition coefficient (Wildman–Crippen LogP) is 2.51. The molecular formula is C16H26N4O. The molecule has 2 heterocycles. The Kier molecular flexibility index (Phi) is 4.17. The van der Waals surface area contributed by atoms with E-state index in [-0.39, 0.29) is 6.03 Å². The fourth-order valence-corrected chi connectivity index (χ4v) is 3.26. The summed E-state index contributed by atoms with van der Waals surface area (Å²) in [7, 11) is 0. The molecule has 0 radical (unpaired) electrons. The molecule has 3 rings (SSSR count). The Morgan fingerprint density at radius 1 is 1.43 bits per heavy atom. The Morgan fingerprint density at radius 2 is 2.24 bits per heavy atom. The van der Waals surface area contributed by atoms with Gasteiger partial charge >= 0.3 is 6.03 Å². The summed E-state index contributed by atoms with van der Waals surface area (Å²) in [5, 5.41) is 2.97. The molecule has 21 heavy (non-hydrogen) atoms. The van der Waals surface area contributed by atoms with E-state index in [0.29, 0.717) is 12.0 Å². The summed E-state index contributed by atoms with van der Waals surface area (Å²) in [6.45, 7) is 6.74. The van der Waals surface area contributed by atoms with Gasteiger partial charge in [0.15, 0.2) is 0 Å². The summed E-state index contributed by atoms with van der Waals surface area (Å²) >= 11 is 0. The van der Waals surface area contributed by atoms with Crippen LogP contribution in [-0.4, -0.2) is 40.1 Å². The molecular weight excluding hydrogens is 264 g/mol. The fourth-order valence-electron chi connectivity index (χ4n) is 3.26. The number of hydrogen-bond donors (Lipinski definition) is 1. The number of nitrogens with one attached hydrogen (secondary N) is 1. The summed E-state index contributed by atoms with van der Waals surface area (Å²) in [5.41, 5.74) is 1.28. The van der Waals surface area contributed by atoms with Gasteiger partial charge in [-0.05, 0) is 38.5 Å². The molecule has 0 spiro atoms. The second kappa shape index (κ2) is 6.08. The van der Waals surface area contributed by atoms with Gasteiger partial charge in [0.05, 0.1) is 0 Å². The van der Waals surface area contributed by atoms with Crippen LogP contribution in [-0.2, 0) is 6.42 Å². The van der Waals surface area contributed by atoms with Crippen molar-refractivity contribution in [1.29, 1.82) is 0 Å². The maximum atomic E-state index is 12.0. The Bertz CT molecular complexity index is 506. The third-order valence-electron chi connectivity index (χ3n) is 4.54. The van der Waals surface area contributed by atoms with Crippen LogP contribution in [0.4, 0.5) is 4.79 Å². The molecule has 1 aliphatic heterocycles. The SMILES string of the molecule is CCCNC(=O)N1CCC(Cc2ncc(C)n2C2CC2)C1. The van der Waals surface area contributed by atoms with Crippen LogP contribution >= 0.6 is 0 Å². The van der Waals surface area contributed by atoms with Crippen LogP contribution in [0.15, 0.2) is 6.20 Å². The molecule has 5 nitrogen and oxygen atoms in total. The smallest absolute Gasteiger partial charge is 0.317 e. The van der Waals surface area contributed by atoms with Crippen molar-refractivity contribution >= 4 is 6.03 Å². The molecule has 116 valence electrons. The van der Waals surface area contributed by atoms with Gasteiger partial charge in [-0.3, -0.25) is 0 Å². The van der Waals surface area contributed by atoms with E-state index in [1.807, 2.05) is 11.1 Å². The van der Waals surface area contributed by atoms with E-state index < -0.39 is 0 Å². The van der Waals surface area contributed by atoms with E-state index in [4.69, 9.17) is 0 Å². The molecule has 1 N–H and O–H groups in total. The van der Waals surface area contributed by atoms with Gasteiger partial charge in [-0.2, -0.15) is 0 Å². The number of aromatic nitrogens is 2. The third-order valence-corrected chi connectivity index (χ3v) is 4.54. The number of hydrogen-bond acceptors (Lipinski definition) is 2. The summed E-state index contributed by atoms with van der Waals surface area (Å²) in [6.07, 6.45) is 7.66. The normalized spacial score (nSPS) is 21.8. The number of imidazole rings is 1. The number of likely N-dealkylation sites (tertiary alicyclic amines) is 1. The first-order valence-corrected chi connectivity index (χ1v) is 8.24. The highest BCUT2D eigenvalue weighted by Gasteiger charge is 2.31. The number of carbonyl (C=O) groups is 1.